The molecule has 0 aliphatic carbocycles. The number of pyridine rings is 1. The average molecular weight is 297 g/mol. The summed E-state index contributed by atoms with van der Waals surface area (Å²) in [6.45, 7) is 3.00. The summed E-state index contributed by atoms with van der Waals surface area (Å²) >= 11 is 3.26. The molecule has 2 N–H and O–H groups in total. The number of aromatic nitrogens is 3. The maximum absolute atomic E-state index is 11.9. The number of nitrogens with two attached hydrogens (primary N) is 1. The van der Waals surface area contributed by atoms with E-state index in [0.29, 0.717) is 23.2 Å². The number of hydrogen-bond acceptors (Lipinski definition) is 3. The first kappa shape index (κ1) is 11.9. The zero-order chi connectivity index (χ0) is 12.4. The molecule has 0 spiro atoms. The van der Waals surface area contributed by atoms with Gasteiger partial charge in [-0.2, -0.15) is 5.10 Å². The van der Waals surface area contributed by atoms with Gasteiger partial charge in [-0.05, 0) is 34.5 Å². The Bertz CT molecular complexity index is 574. The van der Waals surface area contributed by atoms with Crippen molar-refractivity contribution in [3.63, 3.8) is 0 Å². The SMILES string of the molecule is Cc1c(N)cn(CCn2cccn2)c(=O)c1Br. The second kappa shape index (κ2) is 4.75. The largest absolute Gasteiger partial charge is 0.397 e. The molecule has 0 atom stereocenters. The van der Waals surface area contributed by atoms with Gasteiger partial charge >= 0.3 is 0 Å². The molecule has 0 amide bonds. The van der Waals surface area contributed by atoms with Crippen LogP contribution in [0, 0.1) is 6.92 Å². The molecule has 2 aromatic rings. The summed E-state index contributed by atoms with van der Waals surface area (Å²) in [5.74, 6) is 0. The molecule has 0 aromatic carbocycles. The van der Waals surface area contributed by atoms with Crippen molar-refractivity contribution in [3.8, 4) is 0 Å². The van der Waals surface area contributed by atoms with Crippen molar-refractivity contribution >= 4 is 21.6 Å². The molecule has 2 aromatic heterocycles. The van der Waals surface area contributed by atoms with Gasteiger partial charge in [0.15, 0.2) is 0 Å². The Hall–Kier alpha value is -1.56. The van der Waals surface area contributed by atoms with E-state index in [1.165, 1.54) is 0 Å². The first-order chi connectivity index (χ1) is 8.09. The monoisotopic (exact) mass is 296 g/mol. The summed E-state index contributed by atoms with van der Waals surface area (Å²) < 4.78 is 3.89. The van der Waals surface area contributed by atoms with Crippen molar-refractivity contribution in [2.24, 2.45) is 0 Å². The van der Waals surface area contributed by atoms with Gasteiger partial charge in [-0.3, -0.25) is 9.48 Å². The van der Waals surface area contributed by atoms with Gasteiger partial charge < -0.3 is 10.3 Å². The van der Waals surface area contributed by atoms with Crippen LogP contribution in [0.2, 0.25) is 0 Å². The highest BCUT2D eigenvalue weighted by molar-refractivity contribution is 9.10. The summed E-state index contributed by atoms with van der Waals surface area (Å²) in [6, 6.07) is 1.85. The first-order valence-electron chi connectivity index (χ1n) is 5.22. The third kappa shape index (κ3) is 2.41. The van der Waals surface area contributed by atoms with Crippen molar-refractivity contribution in [1.82, 2.24) is 14.3 Å². The maximum Gasteiger partial charge on any atom is 0.265 e. The van der Waals surface area contributed by atoms with E-state index in [2.05, 4.69) is 21.0 Å². The third-order valence-corrected chi connectivity index (χ3v) is 3.57. The van der Waals surface area contributed by atoms with E-state index in [1.54, 1.807) is 21.6 Å². The predicted octanol–water partition coefficient (Wildman–Crippen LogP) is 1.40. The summed E-state index contributed by atoms with van der Waals surface area (Å²) in [5, 5.41) is 4.08. The fraction of sp³-hybridized carbons (Fsp3) is 0.273. The number of rotatable bonds is 3. The molecule has 6 heteroatoms. The lowest BCUT2D eigenvalue weighted by molar-refractivity contribution is 0.523. The zero-order valence-electron chi connectivity index (χ0n) is 9.43. The van der Waals surface area contributed by atoms with Crippen LogP contribution in [0.15, 0.2) is 33.9 Å². The quantitative estimate of drug-likeness (QED) is 0.931. The Morgan fingerprint density at radius 3 is 2.88 bits per heavy atom. The van der Waals surface area contributed by atoms with E-state index in [4.69, 9.17) is 5.73 Å². The van der Waals surface area contributed by atoms with Crippen LogP contribution in [0.5, 0.6) is 0 Å². The molecule has 90 valence electrons. The predicted molar refractivity (Wildman–Crippen MR) is 69.8 cm³/mol. The van der Waals surface area contributed by atoms with Gasteiger partial charge in [-0.1, -0.05) is 0 Å². The van der Waals surface area contributed by atoms with Crippen molar-refractivity contribution in [2.45, 2.75) is 20.0 Å². The van der Waals surface area contributed by atoms with Crippen LogP contribution in [0.25, 0.3) is 0 Å². The number of halogens is 1. The smallest absolute Gasteiger partial charge is 0.265 e. The molecule has 0 unspecified atom stereocenters. The second-order valence-corrected chi connectivity index (χ2v) is 4.58. The number of anilines is 1. The highest BCUT2D eigenvalue weighted by Gasteiger charge is 2.08. The first-order valence-corrected chi connectivity index (χ1v) is 6.01. The normalized spacial score (nSPS) is 10.7. The van der Waals surface area contributed by atoms with Gasteiger partial charge in [0, 0.05) is 25.1 Å². The second-order valence-electron chi connectivity index (χ2n) is 3.79. The minimum atomic E-state index is -0.0659. The van der Waals surface area contributed by atoms with E-state index in [1.807, 2.05) is 19.2 Å². The van der Waals surface area contributed by atoms with E-state index in [0.717, 1.165) is 5.56 Å². The lowest BCUT2D eigenvalue weighted by Gasteiger charge is -2.10. The Morgan fingerprint density at radius 2 is 2.24 bits per heavy atom. The highest BCUT2D eigenvalue weighted by atomic mass is 79.9. The number of nitrogens with zero attached hydrogens (tertiary/aromatic N) is 3. The fourth-order valence-corrected chi connectivity index (χ4v) is 2.00. The standard InChI is InChI=1S/C11H13BrN4O/c1-8-9(13)7-15(11(17)10(8)12)5-6-16-4-2-3-14-16/h2-4,7H,5-6,13H2,1H3. The molecule has 17 heavy (non-hydrogen) atoms. The van der Waals surface area contributed by atoms with E-state index in [-0.39, 0.29) is 5.56 Å². The van der Waals surface area contributed by atoms with Crippen LogP contribution >= 0.6 is 15.9 Å². The molecule has 0 bridgehead atoms. The molecule has 0 saturated carbocycles. The van der Waals surface area contributed by atoms with Crippen molar-refractivity contribution in [2.75, 3.05) is 5.73 Å². The molecular formula is C11H13BrN4O. The molecule has 2 heterocycles. The van der Waals surface area contributed by atoms with Gasteiger partial charge in [-0.15, -0.1) is 0 Å². The average Bonchev–Trinajstić information content (AvgIpc) is 2.82. The van der Waals surface area contributed by atoms with Crippen LogP contribution in [0.3, 0.4) is 0 Å². The minimum Gasteiger partial charge on any atom is -0.397 e. The highest BCUT2D eigenvalue weighted by Crippen LogP contribution is 2.16. The van der Waals surface area contributed by atoms with Gasteiger partial charge in [0.1, 0.15) is 0 Å². The van der Waals surface area contributed by atoms with Gasteiger partial charge in [-0.25, -0.2) is 0 Å². The lowest BCUT2D eigenvalue weighted by atomic mass is 10.2. The van der Waals surface area contributed by atoms with E-state index in [9.17, 15) is 4.79 Å². The van der Waals surface area contributed by atoms with Crippen molar-refractivity contribution < 1.29 is 0 Å². The molecule has 0 radical (unpaired) electrons. The molecule has 0 saturated heterocycles. The topological polar surface area (TPSA) is 65.8 Å². The minimum absolute atomic E-state index is 0.0659. The van der Waals surface area contributed by atoms with Crippen molar-refractivity contribution in [1.29, 1.82) is 0 Å². The molecule has 0 aliphatic heterocycles. The lowest BCUT2D eigenvalue weighted by Crippen LogP contribution is -2.24. The van der Waals surface area contributed by atoms with Crippen LogP contribution < -0.4 is 11.3 Å². The Kier molecular flexibility index (Phi) is 3.33. The Labute approximate surface area is 107 Å². The molecule has 2 rings (SSSR count). The van der Waals surface area contributed by atoms with E-state index >= 15 is 0 Å². The molecule has 0 aliphatic rings. The summed E-state index contributed by atoms with van der Waals surface area (Å²) in [7, 11) is 0. The number of hydrogen-bond donors (Lipinski definition) is 1. The Morgan fingerprint density at radius 1 is 1.47 bits per heavy atom. The number of nitrogen functional groups attached to an aromatic ring is 1. The Balaban J connectivity index is 2.25. The summed E-state index contributed by atoms with van der Waals surface area (Å²) in [5.41, 5.74) is 7.15. The number of aryl methyl sites for hydroxylation is 2. The zero-order valence-corrected chi connectivity index (χ0v) is 11.0. The molecule has 5 nitrogen and oxygen atoms in total. The van der Waals surface area contributed by atoms with Gasteiger partial charge in [0.25, 0.3) is 5.56 Å². The van der Waals surface area contributed by atoms with Gasteiger partial charge in [0.05, 0.1) is 16.7 Å². The summed E-state index contributed by atoms with van der Waals surface area (Å²) in [4.78, 5) is 11.9. The third-order valence-electron chi connectivity index (χ3n) is 2.63. The summed E-state index contributed by atoms with van der Waals surface area (Å²) in [6.07, 6.45) is 5.24. The van der Waals surface area contributed by atoms with Crippen molar-refractivity contribution in [3.05, 3.63) is 45.0 Å². The molecule has 0 fully saturated rings. The fourth-order valence-electron chi connectivity index (χ4n) is 1.55. The van der Waals surface area contributed by atoms with Crippen LogP contribution in [0.1, 0.15) is 5.56 Å². The van der Waals surface area contributed by atoms with Crippen LogP contribution in [0.4, 0.5) is 5.69 Å². The maximum atomic E-state index is 11.9. The van der Waals surface area contributed by atoms with Crippen LogP contribution in [-0.2, 0) is 13.1 Å². The van der Waals surface area contributed by atoms with Crippen LogP contribution in [-0.4, -0.2) is 14.3 Å². The van der Waals surface area contributed by atoms with E-state index < -0.39 is 0 Å². The molecular weight excluding hydrogens is 284 g/mol. The van der Waals surface area contributed by atoms with Gasteiger partial charge in [0.2, 0.25) is 0 Å².